The van der Waals surface area contributed by atoms with E-state index in [9.17, 15) is 4.79 Å². The highest BCUT2D eigenvalue weighted by Crippen LogP contribution is 2.23. The third-order valence-electron chi connectivity index (χ3n) is 3.03. The van der Waals surface area contributed by atoms with Crippen molar-refractivity contribution in [3.63, 3.8) is 0 Å². The maximum atomic E-state index is 11.9. The second-order valence-corrected chi connectivity index (χ2v) is 5.39. The third-order valence-corrected chi connectivity index (χ3v) is 3.53. The first-order chi connectivity index (χ1) is 8.15. The number of hydrogen-bond donors (Lipinski definition) is 1. The molecule has 1 aliphatic rings. The predicted octanol–water partition coefficient (Wildman–Crippen LogP) is 4.05. The van der Waals surface area contributed by atoms with Crippen molar-refractivity contribution in [3.8, 4) is 0 Å². The topological polar surface area (TPSA) is 29.1 Å². The van der Waals surface area contributed by atoms with Crippen LogP contribution in [0.4, 0.5) is 5.69 Å². The van der Waals surface area contributed by atoms with Gasteiger partial charge in [0.1, 0.15) is 0 Å². The molecule has 1 aliphatic carbocycles. The van der Waals surface area contributed by atoms with Crippen molar-refractivity contribution in [2.45, 2.75) is 26.2 Å². The monoisotopic (exact) mass is 293 g/mol. The molecule has 2 rings (SSSR count). The van der Waals surface area contributed by atoms with E-state index in [0.717, 1.165) is 28.6 Å². The minimum atomic E-state index is 0.0998. The number of amides is 1. The molecule has 0 saturated heterocycles. The van der Waals surface area contributed by atoms with Crippen molar-refractivity contribution in [1.82, 2.24) is 0 Å². The smallest absolute Gasteiger partial charge is 0.224 e. The lowest BCUT2D eigenvalue weighted by atomic mass is 10.0. The number of hydrogen-bond acceptors (Lipinski definition) is 1. The number of anilines is 1. The molecular formula is C14H16BrNO. The predicted molar refractivity (Wildman–Crippen MR) is 74.0 cm³/mol. The number of allylic oxidation sites excluding steroid dienone is 2. The molecule has 1 aromatic carbocycles. The number of halogens is 1. The van der Waals surface area contributed by atoms with Gasteiger partial charge in [-0.25, -0.2) is 0 Å². The molecule has 0 aliphatic heterocycles. The van der Waals surface area contributed by atoms with Gasteiger partial charge in [-0.15, -0.1) is 0 Å². The molecule has 0 bridgehead atoms. The summed E-state index contributed by atoms with van der Waals surface area (Å²) in [6, 6.07) is 5.91. The fourth-order valence-electron chi connectivity index (χ4n) is 2.03. The van der Waals surface area contributed by atoms with Crippen LogP contribution in [-0.2, 0) is 4.79 Å². The van der Waals surface area contributed by atoms with Crippen molar-refractivity contribution in [1.29, 1.82) is 0 Å². The van der Waals surface area contributed by atoms with Crippen LogP contribution in [-0.4, -0.2) is 5.91 Å². The van der Waals surface area contributed by atoms with E-state index in [1.807, 2.05) is 25.1 Å². The highest BCUT2D eigenvalue weighted by Gasteiger charge is 2.14. The van der Waals surface area contributed by atoms with Crippen molar-refractivity contribution < 1.29 is 4.79 Å². The molecule has 0 saturated carbocycles. The average Bonchev–Trinajstić information content (AvgIpc) is 2.76. The molecule has 0 heterocycles. The van der Waals surface area contributed by atoms with E-state index in [4.69, 9.17) is 0 Å². The minimum absolute atomic E-state index is 0.0998. The van der Waals surface area contributed by atoms with Gasteiger partial charge in [0.05, 0.1) is 0 Å². The van der Waals surface area contributed by atoms with Gasteiger partial charge in [0.15, 0.2) is 0 Å². The summed E-state index contributed by atoms with van der Waals surface area (Å²) in [6.45, 7) is 2.00. The molecule has 0 fully saturated rings. The summed E-state index contributed by atoms with van der Waals surface area (Å²) in [5.74, 6) is 0.519. The zero-order chi connectivity index (χ0) is 12.3. The number of aryl methyl sites for hydroxylation is 1. The summed E-state index contributed by atoms with van der Waals surface area (Å²) >= 11 is 3.41. The summed E-state index contributed by atoms with van der Waals surface area (Å²) in [4.78, 5) is 11.9. The zero-order valence-corrected chi connectivity index (χ0v) is 11.5. The molecule has 1 unspecified atom stereocenters. The maximum Gasteiger partial charge on any atom is 0.224 e. The Labute approximate surface area is 110 Å². The summed E-state index contributed by atoms with van der Waals surface area (Å²) in [5, 5.41) is 2.98. The Balaban J connectivity index is 1.97. The average molecular weight is 294 g/mol. The Morgan fingerprint density at radius 3 is 3.06 bits per heavy atom. The molecule has 3 heteroatoms. The van der Waals surface area contributed by atoms with Crippen LogP contribution in [0.1, 0.15) is 24.8 Å². The molecule has 1 atom stereocenters. The largest absolute Gasteiger partial charge is 0.326 e. The normalized spacial score (nSPS) is 18.4. The molecule has 90 valence electrons. The van der Waals surface area contributed by atoms with Gasteiger partial charge in [-0.3, -0.25) is 4.79 Å². The molecule has 0 spiro atoms. The Bertz CT molecular complexity index is 454. The molecule has 1 N–H and O–H groups in total. The molecule has 0 aromatic heterocycles. The minimum Gasteiger partial charge on any atom is -0.326 e. The van der Waals surface area contributed by atoms with Crippen LogP contribution >= 0.6 is 15.9 Å². The lowest BCUT2D eigenvalue weighted by Crippen LogP contribution is -2.15. The van der Waals surface area contributed by atoms with Crippen molar-refractivity contribution in [2.75, 3.05) is 5.32 Å². The number of nitrogens with one attached hydrogen (secondary N) is 1. The first-order valence-electron chi connectivity index (χ1n) is 5.88. The summed E-state index contributed by atoms with van der Waals surface area (Å²) in [7, 11) is 0. The van der Waals surface area contributed by atoms with Crippen molar-refractivity contribution >= 4 is 27.5 Å². The number of rotatable bonds is 3. The fourth-order valence-corrected chi connectivity index (χ4v) is 2.39. The van der Waals surface area contributed by atoms with E-state index in [-0.39, 0.29) is 5.91 Å². The highest BCUT2D eigenvalue weighted by atomic mass is 79.9. The highest BCUT2D eigenvalue weighted by molar-refractivity contribution is 9.10. The van der Waals surface area contributed by atoms with Crippen LogP contribution < -0.4 is 5.32 Å². The summed E-state index contributed by atoms with van der Waals surface area (Å²) in [6.07, 6.45) is 7.09. The second-order valence-electron chi connectivity index (χ2n) is 4.48. The van der Waals surface area contributed by atoms with Crippen LogP contribution in [0.2, 0.25) is 0 Å². The van der Waals surface area contributed by atoms with E-state index >= 15 is 0 Å². The molecule has 1 aromatic rings. The Morgan fingerprint density at radius 2 is 2.35 bits per heavy atom. The first-order valence-corrected chi connectivity index (χ1v) is 6.67. The van der Waals surface area contributed by atoms with Gasteiger partial charge in [-0.2, -0.15) is 0 Å². The van der Waals surface area contributed by atoms with Gasteiger partial charge >= 0.3 is 0 Å². The number of carbonyl (C=O) groups excluding carboxylic acids is 1. The number of carbonyl (C=O) groups is 1. The van der Waals surface area contributed by atoms with Gasteiger partial charge in [-0.1, -0.05) is 34.1 Å². The Morgan fingerprint density at radius 1 is 1.53 bits per heavy atom. The first kappa shape index (κ1) is 12.4. The van der Waals surface area contributed by atoms with Gasteiger partial charge in [0.25, 0.3) is 0 Å². The van der Waals surface area contributed by atoms with E-state index in [1.165, 1.54) is 0 Å². The third kappa shape index (κ3) is 3.43. The molecule has 1 amide bonds. The van der Waals surface area contributed by atoms with Crippen LogP contribution in [0.15, 0.2) is 34.8 Å². The van der Waals surface area contributed by atoms with Crippen LogP contribution in [0.25, 0.3) is 0 Å². The van der Waals surface area contributed by atoms with Crippen LogP contribution in [0, 0.1) is 12.8 Å². The summed E-state index contributed by atoms with van der Waals surface area (Å²) < 4.78 is 0.985. The van der Waals surface area contributed by atoms with Gasteiger partial charge in [-0.05, 0) is 43.4 Å². The van der Waals surface area contributed by atoms with E-state index in [1.54, 1.807) is 0 Å². The van der Waals surface area contributed by atoms with E-state index < -0.39 is 0 Å². The quantitative estimate of drug-likeness (QED) is 0.837. The summed E-state index contributed by atoms with van der Waals surface area (Å²) in [5.41, 5.74) is 1.98. The Kier molecular flexibility index (Phi) is 4.00. The van der Waals surface area contributed by atoms with Gasteiger partial charge in [0.2, 0.25) is 5.91 Å². The standard InChI is InChI=1S/C14H16BrNO/c1-10-6-7-12(15)9-13(10)16-14(17)8-11-4-2-3-5-11/h2,4,6-7,9,11H,3,5,8H2,1H3,(H,16,17). The molecule has 0 radical (unpaired) electrons. The van der Waals surface area contributed by atoms with Gasteiger partial charge in [0, 0.05) is 16.6 Å². The second kappa shape index (κ2) is 5.50. The van der Waals surface area contributed by atoms with E-state index in [2.05, 4.69) is 33.4 Å². The lowest BCUT2D eigenvalue weighted by molar-refractivity contribution is -0.116. The number of benzene rings is 1. The Hall–Kier alpha value is -1.09. The molecule has 17 heavy (non-hydrogen) atoms. The molecular weight excluding hydrogens is 278 g/mol. The van der Waals surface area contributed by atoms with Crippen molar-refractivity contribution in [3.05, 3.63) is 40.4 Å². The molecule has 2 nitrogen and oxygen atoms in total. The maximum absolute atomic E-state index is 11.9. The SMILES string of the molecule is Cc1ccc(Br)cc1NC(=O)CC1C=CCC1. The zero-order valence-electron chi connectivity index (χ0n) is 9.87. The van der Waals surface area contributed by atoms with Gasteiger partial charge < -0.3 is 5.32 Å². The lowest BCUT2D eigenvalue weighted by Gasteiger charge is -2.11. The fraction of sp³-hybridized carbons (Fsp3) is 0.357. The van der Waals surface area contributed by atoms with Crippen molar-refractivity contribution in [2.24, 2.45) is 5.92 Å². The van der Waals surface area contributed by atoms with Crippen LogP contribution in [0.5, 0.6) is 0 Å². The van der Waals surface area contributed by atoms with E-state index in [0.29, 0.717) is 12.3 Å². The van der Waals surface area contributed by atoms with Crippen LogP contribution in [0.3, 0.4) is 0 Å².